The number of aryl methyl sites for hydroxylation is 1. The van der Waals surface area contributed by atoms with E-state index in [1.807, 2.05) is 19.1 Å². The molecule has 0 spiro atoms. The van der Waals surface area contributed by atoms with Crippen LogP contribution in [0.1, 0.15) is 56.0 Å². The Morgan fingerprint density at radius 2 is 1.73 bits per heavy atom. The molecule has 1 aromatic carbocycles. The fourth-order valence-corrected chi connectivity index (χ4v) is 2.72. The number of ether oxygens (including phenoxy) is 1. The number of carbonyl (C=O) groups excluding carboxylic acids is 3. The van der Waals surface area contributed by atoms with Gasteiger partial charge in [0.2, 0.25) is 0 Å². The monoisotopic (exact) mass is 361 g/mol. The van der Waals surface area contributed by atoms with E-state index in [4.69, 9.17) is 4.74 Å². The molecule has 2 rings (SSSR count). The van der Waals surface area contributed by atoms with Gasteiger partial charge in [0.1, 0.15) is 11.6 Å². The highest BCUT2D eigenvalue weighted by atomic mass is 16.6. The van der Waals surface area contributed by atoms with Gasteiger partial charge < -0.3 is 4.74 Å². The van der Waals surface area contributed by atoms with Crippen molar-refractivity contribution in [3.63, 3.8) is 0 Å². The third kappa shape index (κ3) is 5.47. The Kier molecular flexibility index (Phi) is 6.23. The molecule has 3 amide bonds. The molecule has 2 N–H and O–H groups in total. The van der Waals surface area contributed by atoms with Crippen molar-refractivity contribution in [3.8, 4) is 0 Å². The van der Waals surface area contributed by atoms with Crippen LogP contribution in [-0.4, -0.2) is 41.0 Å². The molecule has 0 aromatic heterocycles. The summed E-state index contributed by atoms with van der Waals surface area (Å²) in [6.45, 7) is 7.74. The van der Waals surface area contributed by atoms with Crippen LogP contribution in [0.15, 0.2) is 24.3 Å². The summed E-state index contributed by atoms with van der Waals surface area (Å²) in [6, 6.07) is 6.36. The number of hydrazine groups is 1. The van der Waals surface area contributed by atoms with Crippen LogP contribution in [-0.2, 0) is 9.53 Å². The molecule has 1 fully saturated rings. The molecule has 0 bridgehead atoms. The molecule has 1 saturated heterocycles. The minimum atomic E-state index is -0.656. The minimum Gasteiger partial charge on any atom is -0.444 e. The van der Waals surface area contributed by atoms with Gasteiger partial charge in [0.15, 0.2) is 0 Å². The molecule has 1 aromatic rings. The summed E-state index contributed by atoms with van der Waals surface area (Å²) < 4.78 is 5.38. The smallest absolute Gasteiger partial charge is 0.410 e. The van der Waals surface area contributed by atoms with E-state index in [1.54, 1.807) is 32.9 Å². The van der Waals surface area contributed by atoms with Crippen molar-refractivity contribution in [1.29, 1.82) is 0 Å². The second kappa shape index (κ2) is 8.21. The van der Waals surface area contributed by atoms with Crippen molar-refractivity contribution in [2.75, 3.05) is 6.54 Å². The van der Waals surface area contributed by atoms with Gasteiger partial charge in [-0.25, -0.2) is 4.79 Å². The number of hydrogen-bond acceptors (Lipinski definition) is 4. The van der Waals surface area contributed by atoms with Crippen molar-refractivity contribution in [1.82, 2.24) is 15.8 Å². The normalized spacial score (nSPS) is 17.4. The molecule has 1 atom stereocenters. The van der Waals surface area contributed by atoms with Crippen LogP contribution in [0.4, 0.5) is 4.79 Å². The summed E-state index contributed by atoms with van der Waals surface area (Å²) in [6.07, 6.45) is 1.68. The first-order valence-corrected chi connectivity index (χ1v) is 8.84. The SMILES string of the molecule is Cc1ccc(C(=O)NNC(=O)C2CCCCN2C(=O)OC(C)(C)C)cc1. The molecular formula is C19H27N3O4. The lowest BCUT2D eigenvalue weighted by molar-refractivity contribution is -0.128. The number of likely N-dealkylation sites (tertiary alicyclic amines) is 1. The first kappa shape index (κ1) is 19.8. The molecule has 1 unspecified atom stereocenters. The van der Waals surface area contributed by atoms with E-state index >= 15 is 0 Å². The second-order valence-corrected chi connectivity index (χ2v) is 7.49. The molecule has 1 heterocycles. The van der Waals surface area contributed by atoms with Crippen molar-refractivity contribution in [3.05, 3.63) is 35.4 Å². The van der Waals surface area contributed by atoms with E-state index in [9.17, 15) is 14.4 Å². The largest absolute Gasteiger partial charge is 0.444 e. The summed E-state index contributed by atoms with van der Waals surface area (Å²) >= 11 is 0. The molecule has 1 aliphatic rings. The highest BCUT2D eigenvalue weighted by Gasteiger charge is 2.35. The number of amides is 3. The molecule has 142 valence electrons. The lowest BCUT2D eigenvalue weighted by Gasteiger charge is -2.35. The third-order valence-electron chi connectivity index (χ3n) is 4.05. The van der Waals surface area contributed by atoms with E-state index < -0.39 is 29.6 Å². The van der Waals surface area contributed by atoms with Gasteiger partial charge in [0.05, 0.1) is 0 Å². The van der Waals surface area contributed by atoms with Crippen LogP contribution in [0, 0.1) is 6.92 Å². The highest BCUT2D eigenvalue weighted by Crippen LogP contribution is 2.20. The van der Waals surface area contributed by atoms with Gasteiger partial charge in [0.25, 0.3) is 11.8 Å². The molecule has 0 saturated carbocycles. The Balaban J connectivity index is 1.96. The molecule has 0 radical (unpaired) electrons. The van der Waals surface area contributed by atoms with E-state index in [2.05, 4.69) is 10.9 Å². The van der Waals surface area contributed by atoms with Crippen molar-refractivity contribution < 1.29 is 19.1 Å². The predicted molar refractivity (Wildman–Crippen MR) is 97.4 cm³/mol. The van der Waals surface area contributed by atoms with Crippen LogP contribution in [0.3, 0.4) is 0 Å². The number of carbonyl (C=O) groups is 3. The predicted octanol–water partition coefficient (Wildman–Crippen LogP) is 2.55. The van der Waals surface area contributed by atoms with Gasteiger partial charge in [-0.1, -0.05) is 17.7 Å². The van der Waals surface area contributed by atoms with E-state index in [-0.39, 0.29) is 0 Å². The Morgan fingerprint density at radius 1 is 1.08 bits per heavy atom. The summed E-state index contributed by atoms with van der Waals surface area (Å²) in [5, 5.41) is 0. The number of piperidine rings is 1. The number of nitrogens with one attached hydrogen (secondary N) is 2. The fraction of sp³-hybridized carbons (Fsp3) is 0.526. The van der Waals surface area contributed by atoms with Crippen LogP contribution in [0.5, 0.6) is 0 Å². The summed E-state index contributed by atoms with van der Waals surface area (Å²) in [5.74, 6) is -0.825. The van der Waals surface area contributed by atoms with Gasteiger partial charge in [-0.05, 0) is 59.1 Å². The molecule has 7 heteroatoms. The van der Waals surface area contributed by atoms with Gasteiger partial charge in [-0.2, -0.15) is 0 Å². The maximum Gasteiger partial charge on any atom is 0.410 e. The van der Waals surface area contributed by atoms with Crippen molar-refractivity contribution in [2.24, 2.45) is 0 Å². The van der Waals surface area contributed by atoms with Gasteiger partial charge in [0, 0.05) is 12.1 Å². The highest BCUT2D eigenvalue weighted by molar-refractivity contribution is 5.96. The van der Waals surface area contributed by atoms with E-state index in [0.717, 1.165) is 18.4 Å². The lowest BCUT2D eigenvalue weighted by atomic mass is 10.0. The summed E-state index contributed by atoms with van der Waals surface area (Å²) in [5.41, 5.74) is 5.69. The maximum absolute atomic E-state index is 12.5. The Labute approximate surface area is 154 Å². The zero-order valence-corrected chi connectivity index (χ0v) is 15.8. The first-order chi connectivity index (χ1) is 12.2. The maximum atomic E-state index is 12.5. The van der Waals surface area contributed by atoms with Crippen molar-refractivity contribution in [2.45, 2.75) is 58.6 Å². The number of nitrogens with zero attached hydrogens (tertiary/aromatic N) is 1. The molecular weight excluding hydrogens is 334 g/mol. The summed E-state index contributed by atoms with van der Waals surface area (Å²) in [4.78, 5) is 38.4. The number of benzene rings is 1. The third-order valence-corrected chi connectivity index (χ3v) is 4.05. The zero-order chi connectivity index (χ0) is 19.3. The summed E-state index contributed by atoms with van der Waals surface area (Å²) in [7, 11) is 0. The molecule has 0 aliphatic carbocycles. The zero-order valence-electron chi connectivity index (χ0n) is 15.8. The number of hydrogen-bond donors (Lipinski definition) is 2. The Morgan fingerprint density at radius 3 is 2.35 bits per heavy atom. The quantitative estimate of drug-likeness (QED) is 0.793. The molecule has 1 aliphatic heterocycles. The van der Waals surface area contributed by atoms with Crippen LogP contribution >= 0.6 is 0 Å². The van der Waals surface area contributed by atoms with Gasteiger partial charge in [-0.15, -0.1) is 0 Å². The average Bonchev–Trinajstić information content (AvgIpc) is 2.58. The van der Waals surface area contributed by atoms with E-state index in [1.165, 1.54) is 4.90 Å². The fourth-order valence-electron chi connectivity index (χ4n) is 2.72. The van der Waals surface area contributed by atoms with Crippen LogP contribution < -0.4 is 10.9 Å². The standard InChI is InChI=1S/C19H27N3O4/c1-13-8-10-14(11-9-13)16(23)20-21-17(24)15-7-5-6-12-22(15)18(25)26-19(2,3)4/h8-11,15H,5-7,12H2,1-4H3,(H,20,23)(H,21,24). The van der Waals surface area contributed by atoms with Gasteiger partial charge in [-0.3, -0.25) is 25.3 Å². The lowest BCUT2D eigenvalue weighted by Crippen LogP contribution is -2.56. The topological polar surface area (TPSA) is 87.7 Å². The first-order valence-electron chi connectivity index (χ1n) is 8.84. The van der Waals surface area contributed by atoms with Crippen molar-refractivity contribution >= 4 is 17.9 Å². The average molecular weight is 361 g/mol. The van der Waals surface area contributed by atoms with E-state index in [0.29, 0.717) is 18.5 Å². The minimum absolute atomic E-state index is 0.405. The Bertz CT molecular complexity index is 664. The molecule has 26 heavy (non-hydrogen) atoms. The second-order valence-electron chi connectivity index (χ2n) is 7.49. The van der Waals surface area contributed by atoms with Crippen LogP contribution in [0.25, 0.3) is 0 Å². The Hall–Kier alpha value is -2.57. The molecule has 7 nitrogen and oxygen atoms in total. The van der Waals surface area contributed by atoms with Crippen LogP contribution in [0.2, 0.25) is 0 Å². The van der Waals surface area contributed by atoms with Gasteiger partial charge >= 0.3 is 6.09 Å². The number of rotatable bonds is 2.